The second kappa shape index (κ2) is 9.14. The Hall–Kier alpha value is -2.44. The fourth-order valence-corrected chi connectivity index (χ4v) is 4.09. The Kier molecular flexibility index (Phi) is 6.35. The van der Waals surface area contributed by atoms with Gasteiger partial charge in [-0.1, -0.05) is 23.2 Å². The van der Waals surface area contributed by atoms with Crippen molar-refractivity contribution in [1.82, 2.24) is 9.88 Å². The van der Waals surface area contributed by atoms with Gasteiger partial charge in [-0.2, -0.15) is 0 Å². The van der Waals surface area contributed by atoms with E-state index in [1.807, 2.05) is 17.0 Å². The number of benzene rings is 2. The van der Waals surface area contributed by atoms with Crippen molar-refractivity contribution in [1.29, 1.82) is 0 Å². The molecule has 0 atom stereocenters. The standard InChI is InChI=1S/C22H23Cl2N3O3/c1-29-19-4-2-15(23)12-17(19)25-9-6-21(28)27-10-7-14(8-11-27)22-26-18-13-16(24)3-5-20(18)30-22/h2-5,12-14,25H,6-11H2,1H3. The summed E-state index contributed by atoms with van der Waals surface area (Å²) >= 11 is 12.1. The lowest BCUT2D eigenvalue weighted by molar-refractivity contribution is -0.132. The predicted octanol–water partition coefficient (Wildman–Crippen LogP) is 5.35. The quantitative estimate of drug-likeness (QED) is 0.551. The Balaban J connectivity index is 1.28. The molecule has 3 aromatic rings. The first-order valence-electron chi connectivity index (χ1n) is 9.94. The second-order valence-electron chi connectivity index (χ2n) is 7.34. The van der Waals surface area contributed by atoms with Crippen LogP contribution in [0.1, 0.15) is 31.1 Å². The highest BCUT2D eigenvalue weighted by atomic mass is 35.5. The van der Waals surface area contributed by atoms with Crippen molar-refractivity contribution in [3.8, 4) is 5.75 Å². The molecule has 1 aliphatic heterocycles. The first-order chi connectivity index (χ1) is 14.5. The molecule has 1 aromatic heterocycles. The lowest BCUT2D eigenvalue weighted by Gasteiger charge is -2.30. The number of rotatable bonds is 6. The number of ether oxygens (including phenoxy) is 1. The van der Waals surface area contributed by atoms with Crippen LogP contribution in [0, 0.1) is 0 Å². The number of carbonyl (C=O) groups is 1. The van der Waals surface area contributed by atoms with Gasteiger partial charge in [-0.15, -0.1) is 0 Å². The Morgan fingerprint density at radius 2 is 1.93 bits per heavy atom. The molecule has 30 heavy (non-hydrogen) atoms. The van der Waals surface area contributed by atoms with E-state index in [1.165, 1.54) is 0 Å². The van der Waals surface area contributed by atoms with Gasteiger partial charge in [-0.05, 0) is 49.2 Å². The van der Waals surface area contributed by atoms with Crippen LogP contribution in [-0.4, -0.2) is 42.5 Å². The van der Waals surface area contributed by atoms with Crippen molar-refractivity contribution >= 4 is 45.9 Å². The molecule has 0 saturated carbocycles. The number of piperidine rings is 1. The number of aromatic nitrogens is 1. The maximum atomic E-state index is 12.6. The number of nitrogens with zero attached hydrogens (tertiary/aromatic N) is 2. The van der Waals surface area contributed by atoms with Gasteiger partial charge in [0.15, 0.2) is 11.5 Å². The molecule has 8 heteroatoms. The number of hydrogen-bond donors (Lipinski definition) is 1. The molecule has 1 saturated heterocycles. The molecule has 2 heterocycles. The van der Waals surface area contributed by atoms with E-state index in [2.05, 4.69) is 10.3 Å². The zero-order valence-corrected chi connectivity index (χ0v) is 18.2. The Morgan fingerprint density at radius 3 is 2.70 bits per heavy atom. The van der Waals surface area contributed by atoms with Crippen LogP contribution in [0.15, 0.2) is 40.8 Å². The van der Waals surface area contributed by atoms with Crippen LogP contribution in [-0.2, 0) is 4.79 Å². The largest absolute Gasteiger partial charge is 0.495 e. The second-order valence-corrected chi connectivity index (χ2v) is 8.21. The van der Waals surface area contributed by atoms with Crippen LogP contribution >= 0.6 is 23.2 Å². The number of anilines is 1. The minimum atomic E-state index is 0.131. The number of carbonyl (C=O) groups excluding carboxylic acids is 1. The van der Waals surface area contributed by atoms with Gasteiger partial charge in [0.05, 0.1) is 12.8 Å². The molecule has 2 aromatic carbocycles. The molecule has 1 amide bonds. The minimum absolute atomic E-state index is 0.131. The third kappa shape index (κ3) is 4.65. The van der Waals surface area contributed by atoms with Crippen molar-refractivity contribution in [2.75, 3.05) is 32.1 Å². The van der Waals surface area contributed by atoms with E-state index >= 15 is 0 Å². The van der Waals surface area contributed by atoms with Gasteiger partial charge in [-0.25, -0.2) is 4.98 Å². The maximum Gasteiger partial charge on any atom is 0.224 e. The van der Waals surface area contributed by atoms with E-state index in [0.29, 0.717) is 41.8 Å². The van der Waals surface area contributed by atoms with Crippen LogP contribution in [0.25, 0.3) is 11.1 Å². The van der Waals surface area contributed by atoms with Crippen LogP contribution < -0.4 is 10.1 Å². The summed E-state index contributed by atoms with van der Waals surface area (Å²) in [6, 6.07) is 10.8. The zero-order valence-electron chi connectivity index (χ0n) is 16.7. The molecule has 158 valence electrons. The lowest BCUT2D eigenvalue weighted by Crippen LogP contribution is -2.38. The summed E-state index contributed by atoms with van der Waals surface area (Å²) in [6.07, 6.45) is 2.07. The first-order valence-corrected chi connectivity index (χ1v) is 10.7. The van der Waals surface area contributed by atoms with E-state index in [9.17, 15) is 4.79 Å². The van der Waals surface area contributed by atoms with Gasteiger partial charge in [0, 0.05) is 42.0 Å². The van der Waals surface area contributed by atoms with Crippen molar-refractivity contribution in [2.45, 2.75) is 25.2 Å². The fraction of sp³-hybridized carbons (Fsp3) is 0.364. The number of fused-ring (bicyclic) bond motifs is 1. The first kappa shape index (κ1) is 20.8. The van der Waals surface area contributed by atoms with Crippen molar-refractivity contribution < 1.29 is 13.9 Å². The summed E-state index contributed by atoms with van der Waals surface area (Å²) in [5.74, 6) is 1.78. The van der Waals surface area contributed by atoms with Crippen molar-refractivity contribution in [3.05, 3.63) is 52.3 Å². The molecular formula is C22H23Cl2N3O3. The van der Waals surface area contributed by atoms with E-state index in [1.54, 1.807) is 31.4 Å². The summed E-state index contributed by atoms with van der Waals surface area (Å²) < 4.78 is 11.2. The molecule has 0 aliphatic carbocycles. The lowest BCUT2D eigenvalue weighted by atomic mass is 9.96. The van der Waals surface area contributed by atoms with Crippen molar-refractivity contribution in [3.63, 3.8) is 0 Å². The zero-order chi connectivity index (χ0) is 21.1. The number of likely N-dealkylation sites (tertiary alicyclic amines) is 1. The van der Waals surface area contributed by atoms with Gasteiger partial charge < -0.3 is 19.4 Å². The van der Waals surface area contributed by atoms with Crippen LogP contribution in [0.4, 0.5) is 5.69 Å². The van der Waals surface area contributed by atoms with Crippen LogP contribution in [0.3, 0.4) is 0 Å². The smallest absolute Gasteiger partial charge is 0.224 e. The van der Waals surface area contributed by atoms with E-state index in [-0.39, 0.29) is 11.8 Å². The van der Waals surface area contributed by atoms with Gasteiger partial charge in [0.2, 0.25) is 5.91 Å². The molecule has 0 unspecified atom stereocenters. The summed E-state index contributed by atoms with van der Waals surface area (Å²) in [6.45, 7) is 1.91. The van der Waals surface area contributed by atoms with E-state index in [4.69, 9.17) is 32.4 Å². The number of hydrogen-bond acceptors (Lipinski definition) is 5. The highest BCUT2D eigenvalue weighted by Crippen LogP contribution is 2.31. The molecule has 4 rings (SSSR count). The van der Waals surface area contributed by atoms with Crippen LogP contribution in [0.5, 0.6) is 5.75 Å². The summed E-state index contributed by atoms with van der Waals surface area (Å²) in [7, 11) is 1.61. The highest BCUT2D eigenvalue weighted by Gasteiger charge is 2.27. The average Bonchev–Trinajstić information content (AvgIpc) is 3.17. The number of halogens is 2. The predicted molar refractivity (Wildman–Crippen MR) is 119 cm³/mol. The molecular weight excluding hydrogens is 425 g/mol. The molecule has 0 spiro atoms. The Labute approximate surface area is 185 Å². The minimum Gasteiger partial charge on any atom is -0.495 e. The van der Waals surface area contributed by atoms with Crippen LogP contribution in [0.2, 0.25) is 10.0 Å². The average molecular weight is 448 g/mol. The molecule has 1 fully saturated rings. The number of amides is 1. The molecule has 0 bridgehead atoms. The molecule has 1 aliphatic rings. The third-order valence-electron chi connectivity index (χ3n) is 5.38. The number of nitrogens with one attached hydrogen (secondary N) is 1. The van der Waals surface area contributed by atoms with E-state index in [0.717, 1.165) is 35.5 Å². The van der Waals surface area contributed by atoms with Gasteiger partial charge in [0.1, 0.15) is 11.3 Å². The summed E-state index contributed by atoms with van der Waals surface area (Å²) in [5, 5.41) is 4.50. The number of methoxy groups -OCH3 is 1. The van der Waals surface area contributed by atoms with Gasteiger partial charge >= 0.3 is 0 Å². The molecule has 0 radical (unpaired) electrons. The molecule has 6 nitrogen and oxygen atoms in total. The van der Waals surface area contributed by atoms with E-state index < -0.39 is 0 Å². The third-order valence-corrected chi connectivity index (χ3v) is 5.85. The van der Waals surface area contributed by atoms with Gasteiger partial charge in [-0.3, -0.25) is 4.79 Å². The van der Waals surface area contributed by atoms with Gasteiger partial charge in [0.25, 0.3) is 0 Å². The Bertz CT molecular complexity index is 1050. The highest BCUT2D eigenvalue weighted by molar-refractivity contribution is 6.31. The fourth-order valence-electron chi connectivity index (χ4n) is 3.75. The summed E-state index contributed by atoms with van der Waals surface area (Å²) in [5.41, 5.74) is 2.31. The SMILES string of the molecule is COc1ccc(Cl)cc1NCCC(=O)N1CCC(c2nc3cc(Cl)ccc3o2)CC1. The monoisotopic (exact) mass is 447 g/mol. The maximum absolute atomic E-state index is 12.6. The van der Waals surface area contributed by atoms with Crippen molar-refractivity contribution in [2.24, 2.45) is 0 Å². The summed E-state index contributed by atoms with van der Waals surface area (Å²) in [4.78, 5) is 19.1. The molecule has 1 N–H and O–H groups in total. The topological polar surface area (TPSA) is 67.6 Å². The normalized spacial score (nSPS) is 14.8. The Morgan fingerprint density at radius 1 is 1.20 bits per heavy atom. The number of oxazole rings is 1.